The number of carbonyl (C=O) groups is 1. The molecule has 1 aromatic rings. The molecule has 0 saturated carbocycles. The van der Waals surface area contributed by atoms with E-state index < -0.39 is 0 Å². The van der Waals surface area contributed by atoms with Gasteiger partial charge in [-0.25, -0.2) is 4.98 Å². The molecule has 100 valence electrons. The van der Waals surface area contributed by atoms with Gasteiger partial charge in [-0.15, -0.1) is 0 Å². The van der Waals surface area contributed by atoms with E-state index in [9.17, 15) is 4.79 Å². The number of nitrogens with one attached hydrogen (secondary N) is 1. The number of halogens is 1. The summed E-state index contributed by atoms with van der Waals surface area (Å²) in [6, 6.07) is 5.27. The highest BCUT2D eigenvalue weighted by atomic mass is 79.9. The summed E-state index contributed by atoms with van der Waals surface area (Å²) < 4.78 is 6.03. The van der Waals surface area contributed by atoms with Crippen molar-refractivity contribution in [3.05, 3.63) is 28.5 Å². The number of nitrogens with zero attached hydrogens (tertiary/aromatic N) is 1. The molecule has 1 unspecified atom stereocenters. The fourth-order valence-corrected chi connectivity index (χ4v) is 1.77. The lowest BCUT2D eigenvalue weighted by molar-refractivity contribution is 0.0802. The molecule has 0 aliphatic heterocycles. The van der Waals surface area contributed by atoms with E-state index in [2.05, 4.69) is 40.1 Å². The topological polar surface area (TPSA) is 51.2 Å². The summed E-state index contributed by atoms with van der Waals surface area (Å²) >= 11 is 3.25. The molecule has 0 aromatic carbocycles. The fourth-order valence-electron chi connectivity index (χ4n) is 1.42. The summed E-state index contributed by atoms with van der Waals surface area (Å²) in [6.45, 7) is 7.22. The molecule has 1 N–H and O–H groups in total. The van der Waals surface area contributed by atoms with Gasteiger partial charge in [0.2, 0.25) is 0 Å². The van der Waals surface area contributed by atoms with E-state index in [4.69, 9.17) is 4.74 Å². The van der Waals surface area contributed by atoms with Crippen molar-refractivity contribution in [3.63, 3.8) is 0 Å². The van der Waals surface area contributed by atoms with Crippen molar-refractivity contribution in [2.75, 3.05) is 13.2 Å². The second kappa shape index (κ2) is 7.48. The predicted molar refractivity (Wildman–Crippen MR) is 74.5 cm³/mol. The number of hydrogen-bond acceptors (Lipinski definition) is 3. The molecule has 1 rings (SSSR count). The maximum Gasteiger partial charge on any atom is 0.270 e. The van der Waals surface area contributed by atoms with Gasteiger partial charge in [-0.2, -0.15) is 0 Å². The lowest BCUT2D eigenvalue weighted by atomic mass is 10.1. The Morgan fingerprint density at radius 1 is 1.50 bits per heavy atom. The molecule has 0 saturated heterocycles. The average Bonchev–Trinajstić information content (AvgIpc) is 2.33. The maximum absolute atomic E-state index is 12.0. The van der Waals surface area contributed by atoms with Crippen LogP contribution in [-0.4, -0.2) is 30.1 Å². The zero-order valence-electron chi connectivity index (χ0n) is 10.9. The Labute approximate surface area is 116 Å². The Morgan fingerprint density at radius 2 is 2.22 bits per heavy atom. The van der Waals surface area contributed by atoms with Crippen LogP contribution in [0.3, 0.4) is 0 Å². The summed E-state index contributed by atoms with van der Waals surface area (Å²) in [6.07, 6.45) is 0. The normalized spacial score (nSPS) is 12.5. The van der Waals surface area contributed by atoms with Crippen molar-refractivity contribution in [3.8, 4) is 0 Å². The molecule has 1 heterocycles. The molecule has 1 atom stereocenters. The third kappa shape index (κ3) is 4.74. The van der Waals surface area contributed by atoms with Crippen LogP contribution in [0.25, 0.3) is 0 Å². The molecule has 4 nitrogen and oxygen atoms in total. The van der Waals surface area contributed by atoms with E-state index in [0.717, 1.165) is 0 Å². The number of aromatic nitrogens is 1. The van der Waals surface area contributed by atoms with Gasteiger partial charge in [0.15, 0.2) is 0 Å². The molecule has 0 fully saturated rings. The molecule has 1 aromatic heterocycles. The zero-order valence-corrected chi connectivity index (χ0v) is 12.5. The van der Waals surface area contributed by atoms with E-state index >= 15 is 0 Å². The van der Waals surface area contributed by atoms with Crippen LogP contribution in [0.1, 0.15) is 31.3 Å². The van der Waals surface area contributed by atoms with Crippen molar-refractivity contribution in [2.45, 2.75) is 26.8 Å². The minimum atomic E-state index is -0.172. The summed E-state index contributed by atoms with van der Waals surface area (Å²) in [5.74, 6) is 0.141. The van der Waals surface area contributed by atoms with Gasteiger partial charge in [0, 0.05) is 6.61 Å². The first-order valence-electron chi connectivity index (χ1n) is 6.05. The maximum atomic E-state index is 12.0. The number of rotatable bonds is 6. The summed E-state index contributed by atoms with van der Waals surface area (Å²) in [4.78, 5) is 16.2. The van der Waals surface area contributed by atoms with Crippen molar-refractivity contribution in [1.82, 2.24) is 10.3 Å². The first-order valence-corrected chi connectivity index (χ1v) is 6.85. The van der Waals surface area contributed by atoms with Gasteiger partial charge in [-0.3, -0.25) is 4.79 Å². The highest BCUT2D eigenvalue weighted by Gasteiger charge is 2.18. The van der Waals surface area contributed by atoms with Crippen molar-refractivity contribution in [2.24, 2.45) is 5.92 Å². The Hall–Kier alpha value is -0.940. The van der Waals surface area contributed by atoms with Gasteiger partial charge >= 0.3 is 0 Å². The van der Waals surface area contributed by atoms with Crippen LogP contribution in [0.4, 0.5) is 0 Å². The van der Waals surface area contributed by atoms with Crippen LogP contribution >= 0.6 is 15.9 Å². The fraction of sp³-hybridized carbons (Fsp3) is 0.538. The molecule has 0 bridgehead atoms. The number of ether oxygens (including phenoxy) is 1. The number of amides is 1. The standard InChI is InChI=1S/C13H19BrN2O2/c1-4-18-8-11(9(2)3)16-13(17)10-6-5-7-12(14)15-10/h5-7,9,11H,4,8H2,1-3H3,(H,16,17). The van der Waals surface area contributed by atoms with Crippen LogP contribution < -0.4 is 5.32 Å². The predicted octanol–water partition coefficient (Wildman–Crippen LogP) is 2.64. The Balaban J connectivity index is 2.66. The van der Waals surface area contributed by atoms with Gasteiger partial charge in [-0.05, 0) is 40.9 Å². The third-order valence-corrected chi connectivity index (χ3v) is 3.01. The second-order valence-corrected chi connectivity index (χ2v) is 5.14. The SMILES string of the molecule is CCOCC(NC(=O)c1cccc(Br)n1)C(C)C. The van der Waals surface area contributed by atoms with Gasteiger partial charge in [0.1, 0.15) is 10.3 Å². The van der Waals surface area contributed by atoms with Crippen LogP contribution in [0.2, 0.25) is 0 Å². The zero-order chi connectivity index (χ0) is 13.5. The minimum absolute atomic E-state index is 0.00164. The van der Waals surface area contributed by atoms with E-state index in [0.29, 0.717) is 29.4 Å². The van der Waals surface area contributed by atoms with Crippen molar-refractivity contribution >= 4 is 21.8 Å². The van der Waals surface area contributed by atoms with E-state index in [1.165, 1.54) is 0 Å². The minimum Gasteiger partial charge on any atom is -0.380 e. The monoisotopic (exact) mass is 314 g/mol. The summed E-state index contributed by atoms with van der Waals surface area (Å²) in [5.41, 5.74) is 0.409. The third-order valence-electron chi connectivity index (χ3n) is 2.57. The van der Waals surface area contributed by atoms with Crippen LogP contribution in [0.15, 0.2) is 22.8 Å². The van der Waals surface area contributed by atoms with Crippen molar-refractivity contribution in [1.29, 1.82) is 0 Å². The first kappa shape index (κ1) is 15.1. The van der Waals surface area contributed by atoms with Gasteiger partial charge in [0.05, 0.1) is 12.6 Å². The van der Waals surface area contributed by atoms with E-state index in [-0.39, 0.29) is 11.9 Å². The number of hydrogen-bond donors (Lipinski definition) is 1. The second-order valence-electron chi connectivity index (χ2n) is 4.33. The molecular formula is C13H19BrN2O2. The van der Waals surface area contributed by atoms with Crippen LogP contribution in [0, 0.1) is 5.92 Å². The first-order chi connectivity index (χ1) is 8.54. The smallest absolute Gasteiger partial charge is 0.270 e. The van der Waals surface area contributed by atoms with E-state index in [1.807, 2.05) is 6.92 Å². The van der Waals surface area contributed by atoms with E-state index in [1.54, 1.807) is 18.2 Å². The van der Waals surface area contributed by atoms with Gasteiger partial charge < -0.3 is 10.1 Å². The highest BCUT2D eigenvalue weighted by molar-refractivity contribution is 9.10. The van der Waals surface area contributed by atoms with Crippen molar-refractivity contribution < 1.29 is 9.53 Å². The molecule has 5 heteroatoms. The lowest BCUT2D eigenvalue weighted by Gasteiger charge is -2.21. The molecular weight excluding hydrogens is 296 g/mol. The average molecular weight is 315 g/mol. The van der Waals surface area contributed by atoms with Gasteiger partial charge in [0.25, 0.3) is 5.91 Å². The Kier molecular flexibility index (Phi) is 6.29. The largest absolute Gasteiger partial charge is 0.380 e. The molecule has 0 aliphatic carbocycles. The van der Waals surface area contributed by atoms with Gasteiger partial charge in [-0.1, -0.05) is 19.9 Å². The quantitative estimate of drug-likeness (QED) is 0.821. The number of carbonyl (C=O) groups excluding carboxylic acids is 1. The molecule has 18 heavy (non-hydrogen) atoms. The Morgan fingerprint density at radius 3 is 2.78 bits per heavy atom. The number of pyridine rings is 1. The molecule has 0 aliphatic rings. The molecule has 0 spiro atoms. The summed E-state index contributed by atoms with van der Waals surface area (Å²) in [5, 5.41) is 2.95. The summed E-state index contributed by atoms with van der Waals surface area (Å²) in [7, 11) is 0. The Bertz CT molecular complexity index is 396. The van der Waals surface area contributed by atoms with Crippen LogP contribution in [0.5, 0.6) is 0 Å². The lowest BCUT2D eigenvalue weighted by Crippen LogP contribution is -2.42. The molecule has 1 amide bonds. The highest BCUT2D eigenvalue weighted by Crippen LogP contribution is 2.08. The molecule has 0 radical (unpaired) electrons. The van der Waals surface area contributed by atoms with Crippen LogP contribution in [-0.2, 0) is 4.74 Å².